The van der Waals surface area contributed by atoms with Crippen LogP contribution in [0.25, 0.3) is 12.2 Å². The Morgan fingerprint density at radius 3 is 1.87 bits per heavy atom. The fourth-order valence-corrected chi connectivity index (χ4v) is 4.14. The Kier molecular flexibility index (Phi) is 4.57. The average molecular weight is 355 g/mol. The van der Waals surface area contributed by atoms with Crippen LogP contribution in [0.5, 0.6) is 0 Å². The largest absolute Gasteiger partial charge is 0.398 e. The van der Waals surface area contributed by atoms with E-state index in [0.29, 0.717) is 0 Å². The minimum absolute atomic E-state index is 0.127. The third-order valence-corrected chi connectivity index (χ3v) is 4.98. The van der Waals surface area contributed by atoms with Gasteiger partial charge in [-0.15, -0.1) is 0 Å². The summed E-state index contributed by atoms with van der Waals surface area (Å²) in [5, 5.41) is 0. The van der Waals surface area contributed by atoms with Crippen molar-refractivity contribution in [2.24, 2.45) is 0 Å². The van der Waals surface area contributed by atoms with Gasteiger partial charge in [-0.3, -0.25) is 9.11 Å². The Morgan fingerprint density at radius 1 is 0.783 bits per heavy atom. The molecule has 23 heavy (non-hydrogen) atoms. The first-order valence-electron chi connectivity index (χ1n) is 6.21. The van der Waals surface area contributed by atoms with Gasteiger partial charge in [-0.25, -0.2) is 0 Å². The second kappa shape index (κ2) is 6.13. The van der Waals surface area contributed by atoms with E-state index in [9.17, 15) is 25.9 Å². The monoisotopic (exact) mass is 355 g/mol. The number of hydrogen-bond donors (Lipinski definition) is 3. The maximum absolute atomic E-state index is 11.6. The molecule has 0 radical (unpaired) electrons. The summed E-state index contributed by atoms with van der Waals surface area (Å²) in [6.07, 6.45) is 2.82. The average Bonchev–Trinajstić information content (AvgIpc) is 2.44. The van der Waals surface area contributed by atoms with Crippen LogP contribution in [0.4, 0.5) is 5.69 Å². The first-order chi connectivity index (χ1) is 10.6. The van der Waals surface area contributed by atoms with Gasteiger partial charge in [0.15, 0.2) is 0 Å². The SMILES string of the molecule is Nc1ccc(C=Cc2ccccc2)c(S(=O)(=O)O)c1S(=O)(=O)O. The van der Waals surface area contributed by atoms with E-state index >= 15 is 0 Å². The van der Waals surface area contributed by atoms with Crippen molar-refractivity contribution in [2.45, 2.75) is 9.79 Å². The minimum atomic E-state index is -4.95. The van der Waals surface area contributed by atoms with Crippen LogP contribution < -0.4 is 5.73 Å². The zero-order valence-corrected chi connectivity index (χ0v) is 13.3. The quantitative estimate of drug-likeness (QED) is 0.433. The van der Waals surface area contributed by atoms with Crippen molar-refractivity contribution in [3.63, 3.8) is 0 Å². The van der Waals surface area contributed by atoms with Crippen LogP contribution in [0.1, 0.15) is 11.1 Å². The van der Waals surface area contributed by atoms with Crippen LogP contribution >= 0.6 is 0 Å². The summed E-state index contributed by atoms with van der Waals surface area (Å²) in [4.78, 5) is -2.01. The standard InChI is InChI=1S/C14H13NO6S2/c15-12-9-8-11(7-6-10-4-2-1-3-5-10)13(22(16,17)18)14(12)23(19,20)21/h1-9H,15H2,(H,16,17,18)(H,19,20,21). The maximum Gasteiger partial charge on any atom is 0.298 e. The van der Waals surface area contributed by atoms with Gasteiger partial charge in [-0.2, -0.15) is 16.8 Å². The summed E-state index contributed by atoms with van der Waals surface area (Å²) in [6, 6.07) is 11.1. The third-order valence-electron chi connectivity index (χ3n) is 2.94. The molecule has 0 atom stereocenters. The van der Waals surface area contributed by atoms with Crippen molar-refractivity contribution in [1.82, 2.24) is 0 Å². The van der Waals surface area contributed by atoms with Crippen molar-refractivity contribution < 1.29 is 25.9 Å². The lowest BCUT2D eigenvalue weighted by molar-refractivity contribution is 0.467. The zero-order valence-electron chi connectivity index (χ0n) is 11.6. The fourth-order valence-electron chi connectivity index (χ4n) is 2.01. The second-order valence-corrected chi connectivity index (χ2v) is 7.31. The molecule has 0 aliphatic carbocycles. The maximum atomic E-state index is 11.6. The lowest BCUT2D eigenvalue weighted by Crippen LogP contribution is -2.13. The zero-order chi connectivity index (χ0) is 17.3. The van der Waals surface area contributed by atoms with Gasteiger partial charge in [0, 0.05) is 0 Å². The molecule has 0 amide bonds. The van der Waals surface area contributed by atoms with Gasteiger partial charge in [-0.1, -0.05) is 48.6 Å². The summed E-state index contributed by atoms with van der Waals surface area (Å²) in [5.74, 6) is 0. The van der Waals surface area contributed by atoms with Crippen molar-refractivity contribution >= 4 is 38.1 Å². The molecule has 2 aromatic carbocycles. The van der Waals surface area contributed by atoms with Crippen molar-refractivity contribution in [3.05, 3.63) is 53.6 Å². The van der Waals surface area contributed by atoms with Gasteiger partial charge in [0.05, 0.1) is 5.69 Å². The van der Waals surface area contributed by atoms with Crippen molar-refractivity contribution in [3.8, 4) is 0 Å². The summed E-state index contributed by atoms with van der Waals surface area (Å²) >= 11 is 0. The number of hydrogen-bond acceptors (Lipinski definition) is 5. The Bertz CT molecular complexity index is 964. The van der Waals surface area contributed by atoms with Gasteiger partial charge in [0.2, 0.25) is 0 Å². The van der Waals surface area contributed by atoms with E-state index in [1.54, 1.807) is 30.3 Å². The molecule has 0 spiro atoms. The van der Waals surface area contributed by atoms with Crippen LogP contribution in [-0.2, 0) is 20.2 Å². The van der Waals surface area contributed by atoms with Crippen LogP contribution in [0, 0.1) is 0 Å². The lowest BCUT2D eigenvalue weighted by atomic mass is 10.1. The normalized spacial score (nSPS) is 12.6. The number of nitrogen functional groups attached to an aromatic ring is 1. The molecule has 0 fully saturated rings. The van der Waals surface area contributed by atoms with E-state index in [0.717, 1.165) is 11.6 Å². The predicted octanol–water partition coefficient (Wildman–Crippen LogP) is 1.93. The molecule has 2 aromatic rings. The molecule has 0 saturated carbocycles. The molecule has 7 nitrogen and oxygen atoms in total. The Labute approximate surface area is 133 Å². The summed E-state index contributed by atoms with van der Waals surface area (Å²) in [7, 11) is -9.90. The number of nitrogens with two attached hydrogens (primary N) is 1. The topological polar surface area (TPSA) is 135 Å². The van der Waals surface area contributed by atoms with Gasteiger partial charge in [0.1, 0.15) is 9.79 Å². The van der Waals surface area contributed by atoms with E-state index < -0.39 is 35.7 Å². The molecule has 122 valence electrons. The van der Waals surface area contributed by atoms with Crippen LogP contribution in [0.3, 0.4) is 0 Å². The number of rotatable bonds is 4. The highest BCUT2D eigenvalue weighted by molar-refractivity contribution is 7.89. The van der Waals surface area contributed by atoms with Gasteiger partial charge in [0.25, 0.3) is 20.2 Å². The third kappa shape index (κ3) is 3.96. The molecule has 9 heteroatoms. The van der Waals surface area contributed by atoms with Gasteiger partial charge in [-0.05, 0) is 17.2 Å². The molecule has 0 heterocycles. The highest BCUT2D eigenvalue weighted by atomic mass is 32.2. The lowest BCUT2D eigenvalue weighted by Gasteiger charge is -2.10. The molecule has 0 aromatic heterocycles. The molecular weight excluding hydrogens is 342 g/mol. The van der Waals surface area contributed by atoms with E-state index in [1.165, 1.54) is 18.2 Å². The Balaban J connectivity index is 2.73. The van der Waals surface area contributed by atoms with Gasteiger partial charge >= 0.3 is 0 Å². The Morgan fingerprint density at radius 2 is 1.35 bits per heavy atom. The highest BCUT2D eigenvalue weighted by Crippen LogP contribution is 2.31. The first kappa shape index (κ1) is 17.2. The van der Waals surface area contributed by atoms with E-state index in [1.807, 2.05) is 0 Å². The number of anilines is 1. The first-order valence-corrected chi connectivity index (χ1v) is 9.09. The predicted molar refractivity (Wildman–Crippen MR) is 85.9 cm³/mol. The number of benzene rings is 2. The molecule has 0 unspecified atom stereocenters. The van der Waals surface area contributed by atoms with Gasteiger partial charge < -0.3 is 5.73 Å². The molecule has 2 rings (SSSR count). The van der Waals surface area contributed by atoms with Crippen molar-refractivity contribution in [1.29, 1.82) is 0 Å². The summed E-state index contributed by atoms with van der Waals surface area (Å²) in [5.41, 5.74) is 5.55. The minimum Gasteiger partial charge on any atom is -0.398 e. The smallest absolute Gasteiger partial charge is 0.298 e. The molecule has 4 N–H and O–H groups in total. The van der Waals surface area contributed by atoms with Crippen molar-refractivity contribution in [2.75, 3.05) is 5.73 Å². The highest BCUT2D eigenvalue weighted by Gasteiger charge is 2.29. The summed E-state index contributed by atoms with van der Waals surface area (Å²) in [6.45, 7) is 0. The molecule has 0 aliphatic heterocycles. The summed E-state index contributed by atoms with van der Waals surface area (Å²) < 4.78 is 64.6. The molecule has 0 saturated heterocycles. The van der Waals surface area contributed by atoms with Crippen LogP contribution in [-0.4, -0.2) is 25.9 Å². The fraction of sp³-hybridized carbons (Fsp3) is 0. The van der Waals surface area contributed by atoms with Crippen LogP contribution in [0.2, 0.25) is 0 Å². The second-order valence-electron chi connectivity index (χ2n) is 4.60. The van der Waals surface area contributed by atoms with E-state index in [2.05, 4.69) is 0 Å². The van der Waals surface area contributed by atoms with Crippen LogP contribution in [0.15, 0.2) is 52.3 Å². The molecule has 0 aliphatic rings. The van der Waals surface area contributed by atoms with E-state index in [-0.39, 0.29) is 5.56 Å². The molecular formula is C14H13NO6S2. The molecule has 0 bridgehead atoms. The van der Waals surface area contributed by atoms with E-state index in [4.69, 9.17) is 5.73 Å². The Hall–Kier alpha value is -2.20.